The standard InChI is InChI=1S/C15H28N2O2/c1-4-10-17(5-2)13-8-9-15(11-13,14(18)19-3)16-12-6-7-12/h12-13,16H,4-11H2,1-3H3. The Balaban J connectivity index is 2.03. The Labute approximate surface area is 116 Å². The number of hydrogen-bond acceptors (Lipinski definition) is 4. The van der Waals surface area contributed by atoms with Crippen LogP contribution in [-0.4, -0.2) is 48.7 Å². The van der Waals surface area contributed by atoms with Gasteiger partial charge in [-0.2, -0.15) is 0 Å². The van der Waals surface area contributed by atoms with Gasteiger partial charge in [0.1, 0.15) is 5.54 Å². The first kappa shape index (κ1) is 14.8. The van der Waals surface area contributed by atoms with Gasteiger partial charge in [-0.25, -0.2) is 0 Å². The van der Waals surface area contributed by atoms with Gasteiger partial charge in [0.05, 0.1) is 7.11 Å². The Hall–Kier alpha value is -0.610. The van der Waals surface area contributed by atoms with Crippen LogP contribution >= 0.6 is 0 Å². The first-order valence-corrected chi connectivity index (χ1v) is 7.75. The van der Waals surface area contributed by atoms with Crippen LogP contribution in [0.4, 0.5) is 0 Å². The van der Waals surface area contributed by atoms with Crippen molar-refractivity contribution in [2.45, 2.75) is 70.0 Å². The van der Waals surface area contributed by atoms with Crippen molar-refractivity contribution in [1.82, 2.24) is 10.2 Å². The fraction of sp³-hybridized carbons (Fsp3) is 0.933. The minimum atomic E-state index is -0.415. The second-order valence-electron chi connectivity index (χ2n) is 6.02. The molecular formula is C15H28N2O2. The van der Waals surface area contributed by atoms with Crippen LogP contribution < -0.4 is 5.32 Å². The van der Waals surface area contributed by atoms with E-state index in [0.717, 1.165) is 32.4 Å². The third kappa shape index (κ3) is 3.29. The van der Waals surface area contributed by atoms with Crippen molar-refractivity contribution in [3.05, 3.63) is 0 Å². The highest BCUT2D eigenvalue weighted by atomic mass is 16.5. The van der Waals surface area contributed by atoms with Crippen LogP contribution in [0.15, 0.2) is 0 Å². The highest BCUT2D eigenvalue weighted by Gasteiger charge is 2.49. The molecule has 0 radical (unpaired) electrons. The number of carbonyl (C=O) groups is 1. The maximum Gasteiger partial charge on any atom is 0.326 e. The van der Waals surface area contributed by atoms with E-state index in [1.165, 1.54) is 26.4 Å². The van der Waals surface area contributed by atoms with E-state index in [1.807, 2.05) is 0 Å². The molecule has 0 amide bonds. The molecular weight excluding hydrogens is 240 g/mol. The van der Waals surface area contributed by atoms with Crippen LogP contribution in [0, 0.1) is 0 Å². The molecule has 0 aliphatic heterocycles. The number of rotatable bonds is 7. The zero-order valence-corrected chi connectivity index (χ0v) is 12.6. The Morgan fingerprint density at radius 2 is 2.11 bits per heavy atom. The molecule has 2 saturated carbocycles. The van der Waals surface area contributed by atoms with E-state index in [9.17, 15) is 4.79 Å². The number of nitrogens with zero attached hydrogens (tertiary/aromatic N) is 1. The molecule has 0 aromatic rings. The highest BCUT2D eigenvalue weighted by molar-refractivity contribution is 5.81. The van der Waals surface area contributed by atoms with Gasteiger partial charge in [0.15, 0.2) is 0 Å². The number of carbonyl (C=O) groups excluding carboxylic acids is 1. The molecule has 2 aliphatic rings. The monoisotopic (exact) mass is 268 g/mol. The van der Waals surface area contributed by atoms with Crippen molar-refractivity contribution in [2.24, 2.45) is 0 Å². The molecule has 2 fully saturated rings. The van der Waals surface area contributed by atoms with Crippen LogP contribution in [0.5, 0.6) is 0 Å². The average molecular weight is 268 g/mol. The molecule has 2 rings (SSSR count). The molecule has 0 heterocycles. The van der Waals surface area contributed by atoms with Crippen molar-refractivity contribution in [2.75, 3.05) is 20.2 Å². The Kier molecular flexibility index (Phi) is 4.85. The van der Waals surface area contributed by atoms with E-state index < -0.39 is 5.54 Å². The summed E-state index contributed by atoms with van der Waals surface area (Å²) in [5, 5.41) is 3.57. The van der Waals surface area contributed by atoms with Gasteiger partial charge in [0.25, 0.3) is 0 Å². The maximum atomic E-state index is 12.2. The van der Waals surface area contributed by atoms with Crippen LogP contribution in [-0.2, 0) is 9.53 Å². The van der Waals surface area contributed by atoms with Gasteiger partial charge in [-0.3, -0.25) is 10.1 Å². The summed E-state index contributed by atoms with van der Waals surface area (Å²) in [7, 11) is 1.51. The molecule has 2 aliphatic carbocycles. The molecule has 0 saturated heterocycles. The summed E-state index contributed by atoms with van der Waals surface area (Å²) in [4.78, 5) is 14.7. The third-order valence-electron chi connectivity index (χ3n) is 4.56. The Morgan fingerprint density at radius 3 is 2.63 bits per heavy atom. The van der Waals surface area contributed by atoms with E-state index in [4.69, 9.17) is 4.74 Å². The lowest BCUT2D eigenvalue weighted by atomic mass is 9.96. The maximum absolute atomic E-state index is 12.2. The summed E-state index contributed by atoms with van der Waals surface area (Å²) in [6.07, 6.45) is 6.51. The summed E-state index contributed by atoms with van der Waals surface area (Å²) >= 11 is 0. The molecule has 19 heavy (non-hydrogen) atoms. The summed E-state index contributed by atoms with van der Waals surface area (Å²) in [6.45, 7) is 6.62. The molecule has 1 N–H and O–H groups in total. The fourth-order valence-corrected chi connectivity index (χ4v) is 3.41. The molecule has 2 atom stereocenters. The zero-order chi connectivity index (χ0) is 13.9. The van der Waals surface area contributed by atoms with E-state index in [2.05, 4.69) is 24.1 Å². The van der Waals surface area contributed by atoms with Crippen LogP contribution in [0.2, 0.25) is 0 Å². The van der Waals surface area contributed by atoms with Crippen molar-refractivity contribution < 1.29 is 9.53 Å². The molecule has 4 nitrogen and oxygen atoms in total. The van der Waals surface area contributed by atoms with E-state index >= 15 is 0 Å². The molecule has 2 unspecified atom stereocenters. The van der Waals surface area contributed by atoms with E-state index in [0.29, 0.717) is 12.1 Å². The molecule has 0 aromatic carbocycles. The largest absolute Gasteiger partial charge is 0.468 e. The average Bonchev–Trinajstić information content (AvgIpc) is 3.13. The predicted octanol–water partition coefficient (Wildman–Crippen LogP) is 1.93. The smallest absolute Gasteiger partial charge is 0.326 e. The summed E-state index contributed by atoms with van der Waals surface area (Å²) in [6, 6.07) is 1.06. The lowest BCUT2D eigenvalue weighted by Gasteiger charge is -2.31. The quantitative estimate of drug-likeness (QED) is 0.716. The lowest BCUT2D eigenvalue weighted by Crippen LogP contribution is -2.53. The number of esters is 1. The molecule has 110 valence electrons. The summed E-state index contributed by atoms with van der Waals surface area (Å²) in [5.74, 6) is -0.0607. The van der Waals surface area contributed by atoms with Crippen molar-refractivity contribution in [3.63, 3.8) is 0 Å². The van der Waals surface area contributed by atoms with E-state index in [1.54, 1.807) is 0 Å². The minimum absolute atomic E-state index is 0.0607. The normalized spacial score (nSPS) is 30.8. The second kappa shape index (κ2) is 6.23. The van der Waals surface area contributed by atoms with Crippen molar-refractivity contribution in [1.29, 1.82) is 0 Å². The van der Waals surface area contributed by atoms with Gasteiger partial charge >= 0.3 is 5.97 Å². The molecule has 0 aromatic heterocycles. The summed E-state index contributed by atoms with van der Waals surface area (Å²) < 4.78 is 5.07. The van der Waals surface area contributed by atoms with Gasteiger partial charge in [-0.15, -0.1) is 0 Å². The molecule has 4 heteroatoms. The fourth-order valence-electron chi connectivity index (χ4n) is 3.41. The van der Waals surface area contributed by atoms with Crippen LogP contribution in [0.3, 0.4) is 0 Å². The Bertz CT molecular complexity index is 317. The van der Waals surface area contributed by atoms with Gasteiger partial charge < -0.3 is 9.64 Å². The van der Waals surface area contributed by atoms with Crippen LogP contribution in [0.1, 0.15) is 52.4 Å². The van der Waals surface area contributed by atoms with E-state index in [-0.39, 0.29) is 5.97 Å². The summed E-state index contributed by atoms with van der Waals surface area (Å²) in [5.41, 5.74) is -0.415. The lowest BCUT2D eigenvalue weighted by molar-refractivity contribution is -0.148. The highest BCUT2D eigenvalue weighted by Crippen LogP contribution is 2.37. The van der Waals surface area contributed by atoms with Gasteiger partial charge in [-0.05, 0) is 51.6 Å². The number of ether oxygens (including phenoxy) is 1. The van der Waals surface area contributed by atoms with Gasteiger partial charge in [0, 0.05) is 12.1 Å². The first-order chi connectivity index (χ1) is 9.15. The SMILES string of the molecule is CCCN(CC)C1CCC(NC2CC2)(C(=O)OC)C1. The van der Waals surface area contributed by atoms with Crippen molar-refractivity contribution >= 4 is 5.97 Å². The number of hydrogen-bond donors (Lipinski definition) is 1. The number of nitrogens with one attached hydrogen (secondary N) is 1. The van der Waals surface area contributed by atoms with Gasteiger partial charge in [0.2, 0.25) is 0 Å². The van der Waals surface area contributed by atoms with Gasteiger partial charge in [-0.1, -0.05) is 13.8 Å². The van der Waals surface area contributed by atoms with Crippen molar-refractivity contribution in [3.8, 4) is 0 Å². The zero-order valence-electron chi connectivity index (χ0n) is 12.6. The topological polar surface area (TPSA) is 41.6 Å². The molecule has 0 bridgehead atoms. The third-order valence-corrected chi connectivity index (χ3v) is 4.56. The first-order valence-electron chi connectivity index (χ1n) is 7.75. The number of methoxy groups -OCH3 is 1. The second-order valence-corrected chi connectivity index (χ2v) is 6.02. The minimum Gasteiger partial charge on any atom is -0.468 e. The molecule has 0 spiro atoms. The van der Waals surface area contributed by atoms with Crippen LogP contribution in [0.25, 0.3) is 0 Å². The Morgan fingerprint density at radius 1 is 1.37 bits per heavy atom. The predicted molar refractivity (Wildman–Crippen MR) is 76.1 cm³/mol.